The van der Waals surface area contributed by atoms with Gasteiger partial charge in [0.25, 0.3) is 0 Å². The van der Waals surface area contributed by atoms with E-state index < -0.39 is 11.6 Å². The fraction of sp³-hybridized carbons (Fsp3) is 0. The molecule has 0 bridgehead atoms. The molecular weight excluding hydrogens is 275 g/mol. The second kappa shape index (κ2) is 3.86. The van der Waals surface area contributed by atoms with Crippen LogP contribution in [0.3, 0.4) is 0 Å². The number of Topliss-reactive ketones (excluding diaryl/α,β-unsaturated/α-hetero) is 2. The van der Waals surface area contributed by atoms with Gasteiger partial charge < -0.3 is 0 Å². The number of aromatic nitrogens is 2. The first-order valence-corrected chi connectivity index (χ1v) is 5.74. The molecular formula is C12H4Cl2N2O2. The van der Waals surface area contributed by atoms with Crippen molar-refractivity contribution in [2.24, 2.45) is 0 Å². The number of fused-ring (bicyclic) bond motifs is 3. The summed E-state index contributed by atoms with van der Waals surface area (Å²) in [6.07, 6.45) is 2.81. The van der Waals surface area contributed by atoms with Crippen LogP contribution in [-0.2, 0) is 0 Å². The van der Waals surface area contributed by atoms with Crippen molar-refractivity contribution < 1.29 is 9.59 Å². The smallest absolute Gasteiger partial charge is 0.235 e. The molecule has 0 unspecified atom stereocenters. The summed E-state index contributed by atoms with van der Waals surface area (Å²) >= 11 is 11.5. The molecule has 0 aliphatic heterocycles. The fourth-order valence-electron chi connectivity index (χ4n) is 1.85. The Labute approximate surface area is 112 Å². The molecule has 0 radical (unpaired) electrons. The summed E-state index contributed by atoms with van der Waals surface area (Å²) in [6, 6.07) is 2.84. The summed E-state index contributed by atoms with van der Waals surface area (Å²) in [5, 5.41) is 0.597. The molecule has 2 aromatic rings. The maximum Gasteiger partial charge on any atom is 0.235 e. The van der Waals surface area contributed by atoms with E-state index >= 15 is 0 Å². The molecule has 6 heteroatoms. The molecule has 0 saturated heterocycles. The van der Waals surface area contributed by atoms with E-state index in [-0.39, 0.29) is 11.1 Å². The van der Waals surface area contributed by atoms with Gasteiger partial charge in [0.1, 0.15) is 11.4 Å². The first-order valence-electron chi connectivity index (χ1n) is 4.98. The monoisotopic (exact) mass is 278 g/mol. The second-order valence-corrected chi connectivity index (χ2v) is 4.63. The van der Waals surface area contributed by atoms with Crippen molar-refractivity contribution >= 4 is 34.8 Å². The zero-order valence-corrected chi connectivity index (χ0v) is 10.3. The fourth-order valence-corrected chi connectivity index (χ4v) is 2.16. The molecule has 1 aliphatic carbocycles. The Morgan fingerprint density at radius 2 is 1.17 bits per heavy atom. The number of nitrogens with zero attached hydrogens (tertiary/aromatic N) is 2. The molecule has 0 N–H and O–H groups in total. The van der Waals surface area contributed by atoms with Gasteiger partial charge in [0.15, 0.2) is 0 Å². The van der Waals surface area contributed by atoms with E-state index in [2.05, 4.69) is 9.97 Å². The highest BCUT2D eigenvalue weighted by Crippen LogP contribution is 2.32. The van der Waals surface area contributed by atoms with Gasteiger partial charge in [0.05, 0.1) is 21.2 Å². The number of pyridine rings is 2. The van der Waals surface area contributed by atoms with Gasteiger partial charge in [-0.2, -0.15) is 0 Å². The average Bonchev–Trinajstić information content (AvgIpc) is 2.36. The summed E-state index contributed by atoms with van der Waals surface area (Å²) < 4.78 is 0. The summed E-state index contributed by atoms with van der Waals surface area (Å²) in [5.41, 5.74) is 1.07. The molecule has 0 aromatic carbocycles. The van der Waals surface area contributed by atoms with Crippen LogP contribution in [0.15, 0.2) is 24.5 Å². The molecule has 3 rings (SSSR count). The van der Waals surface area contributed by atoms with Crippen LogP contribution in [0.4, 0.5) is 0 Å². The quantitative estimate of drug-likeness (QED) is 0.696. The van der Waals surface area contributed by atoms with Crippen LogP contribution in [0.25, 0.3) is 11.4 Å². The van der Waals surface area contributed by atoms with Crippen molar-refractivity contribution in [1.29, 1.82) is 0 Å². The number of halogens is 2. The molecule has 0 spiro atoms. The molecule has 4 nitrogen and oxygen atoms in total. The number of carbonyl (C=O) groups excluding carboxylic acids is 2. The van der Waals surface area contributed by atoms with E-state index in [9.17, 15) is 9.59 Å². The highest BCUT2D eigenvalue weighted by molar-refractivity contribution is 6.53. The van der Waals surface area contributed by atoms with Crippen LogP contribution in [-0.4, -0.2) is 21.5 Å². The van der Waals surface area contributed by atoms with E-state index in [0.717, 1.165) is 0 Å². The molecule has 88 valence electrons. The van der Waals surface area contributed by atoms with Gasteiger partial charge in [-0.1, -0.05) is 23.2 Å². The van der Waals surface area contributed by atoms with E-state index in [1.807, 2.05) is 0 Å². The lowest BCUT2D eigenvalue weighted by Crippen LogP contribution is -2.22. The van der Waals surface area contributed by atoms with Gasteiger partial charge in [-0.15, -0.1) is 0 Å². The van der Waals surface area contributed by atoms with E-state index in [1.54, 1.807) is 0 Å². The zero-order chi connectivity index (χ0) is 12.9. The third-order valence-electron chi connectivity index (χ3n) is 2.63. The molecule has 2 heterocycles. The summed E-state index contributed by atoms with van der Waals surface area (Å²) in [6.45, 7) is 0. The summed E-state index contributed by atoms with van der Waals surface area (Å²) in [4.78, 5) is 32.0. The molecule has 0 atom stereocenters. The van der Waals surface area contributed by atoms with Gasteiger partial charge in [-0.3, -0.25) is 19.6 Å². The SMILES string of the molecule is O=C1C(=O)c2cc(Cl)cnc2-c2ncc(Cl)cc21. The lowest BCUT2D eigenvalue weighted by molar-refractivity contribution is 0.0814. The minimum Gasteiger partial charge on any atom is -0.285 e. The number of hydrogen-bond acceptors (Lipinski definition) is 4. The molecule has 18 heavy (non-hydrogen) atoms. The van der Waals surface area contributed by atoms with Crippen molar-refractivity contribution in [1.82, 2.24) is 9.97 Å². The van der Waals surface area contributed by atoms with Gasteiger partial charge in [0.2, 0.25) is 11.6 Å². The summed E-state index contributed by atoms with van der Waals surface area (Å²) in [5.74, 6) is -1.28. The molecule has 0 fully saturated rings. The third-order valence-corrected chi connectivity index (χ3v) is 3.04. The molecule has 2 aromatic heterocycles. The Balaban J connectivity index is 2.38. The van der Waals surface area contributed by atoms with Gasteiger partial charge in [-0.05, 0) is 12.1 Å². The van der Waals surface area contributed by atoms with Crippen LogP contribution in [0.2, 0.25) is 10.0 Å². The van der Waals surface area contributed by atoms with Gasteiger partial charge >= 0.3 is 0 Å². The number of ketones is 2. The van der Waals surface area contributed by atoms with Crippen LogP contribution >= 0.6 is 23.2 Å². The Morgan fingerprint density at radius 1 is 0.778 bits per heavy atom. The van der Waals surface area contributed by atoms with Crippen LogP contribution in [0, 0.1) is 0 Å². The van der Waals surface area contributed by atoms with Gasteiger partial charge in [-0.25, -0.2) is 0 Å². The number of hydrogen-bond donors (Lipinski definition) is 0. The van der Waals surface area contributed by atoms with Crippen LogP contribution < -0.4 is 0 Å². The molecule has 0 saturated carbocycles. The van der Waals surface area contributed by atoms with E-state index in [1.165, 1.54) is 24.5 Å². The van der Waals surface area contributed by atoms with Crippen LogP contribution in [0.5, 0.6) is 0 Å². The topological polar surface area (TPSA) is 59.9 Å². The van der Waals surface area contributed by atoms with Crippen molar-refractivity contribution in [2.75, 3.05) is 0 Å². The number of carbonyl (C=O) groups is 2. The maximum atomic E-state index is 11.9. The predicted molar refractivity (Wildman–Crippen MR) is 66.1 cm³/mol. The maximum absolute atomic E-state index is 11.9. The van der Waals surface area contributed by atoms with Crippen molar-refractivity contribution in [2.45, 2.75) is 0 Å². The Morgan fingerprint density at radius 3 is 1.56 bits per heavy atom. The normalized spacial score (nSPS) is 13.2. The largest absolute Gasteiger partial charge is 0.285 e. The lowest BCUT2D eigenvalue weighted by atomic mass is 9.90. The minimum atomic E-state index is -0.642. The zero-order valence-electron chi connectivity index (χ0n) is 8.78. The highest BCUT2D eigenvalue weighted by Gasteiger charge is 2.32. The summed E-state index contributed by atoms with van der Waals surface area (Å²) in [7, 11) is 0. The number of rotatable bonds is 0. The van der Waals surface area contributed by atoms with Crippen molar-refractivity contribution in [3.8, 4) is 11.4 Å². The predicted octanol–water partition coefficient (Wildman–Crippen LogP) is 2.83. The minimum absolute atomic E-state index is 0.176. The van der Waals surface area contributed by atoms with E-state index in [0.29, 0.717) is 21.4 Å². The van der Waals surface area contributed by atoms with Crippen molar-refractivity contribution in [3.05, 3.63) is 45.7 Å². The van der Waals surface area contributed by atoms with Crippen molar-refractivity contribution in [3.63, 3.8) is 0 Å². The average molecular weight is 279 g/mol. The molecule has 0 amide bonds. The Hall–Kier alpha value is -1.78. The standard InChI is InChI=1S/C12H4Cl2N2O2/c13-5-1-7-9(15-3-5)10-8(12(18)11(7)17)2-6(14)4-16-10/h1-4H. The van der Waals surface area contributed by atoms with Crippen LogP contribution in [0.1, 0.15) is 20.7 Å². The first-order chi connectivity index (χ1) is 8.58. The van der Waals surface area contributed by atoms with Gasteiger partial charge in [0, 0.05) is 12.4 Å². The highest BCUT2D eigenvalue weighted by atomic mass is 35.5. The first kappa shape index (κ1) is 11.3. The Bertz CT molecular complexity index is 652. The third kappa shape index (κ3) is 1.54. The molecule has 1 aliphatic rings. The van der Waals surface area contributed by atoms with E-state index in [4.69, 9.17) is 23.2 Å². The second-order valence-electron chi connectivity index (χ2n) is 3.76. The lowest BCUT2D eigenvalue weighted by Gasteiger charge is -2.15. The Kier molecular flexibility index (Phi) is 2.43.